The van der Waals surface area contributed by atoms with Gasteiger partial charge >= 0.3 is 11.9 Å². The molecule has 0 spiro atoms. The molecule has 0 saturated heterocycles. The quantitative estimate of drug-likeness (QED) is 0.320. The second kappa shape index (κ2) is 9.60. The minimum atomic E-state index is -0.686. The van der Waals surface area contributed by atoms with Crippen molar-refractivity contribution in [3.05, 3.63) is 35.4 Å². The molecule has 1 rings (SSSR count). The van der Waals surface area contributed by atoms with E-state index in [1.165, 1.54) is 13.2 Å². The molecule has 0 N–H and O–H groups in total. The smallest absolute Gasteiger partial charge is 0.345 e. The third-order valence-corrected chi connectivity index (χ3v) is 2.75. The highest BCUT2D eigenvalue weighted by Gasteiger charge is 2.22. The van der Waals surface area contributed by atoms with Crippen molar-refractivity contribution >= 4 is 18.0 Å². The van der Waals surface area contributed by atoms with E-state index in [0.29, 0.717) is 24.2 Å². The van der Waals surface area contributed by atoms with Gasteiger partial charge in [-0.3, -0.25) is 0 Å². The van der Waals surface area contributed by atoms with E-state index < -0.39 is 11.9 Å². The zero-order valence-electron chi connectivity index (χ0n) is 13.3. The zero-order chi connectivity index (χ0) is 16.4. The van der Waals surface area contributed by atoms with Crippen molar-refractivity contribution in [1.82, 2.24) is 0 Å². The van der Waals surface area contributed by atoms with Gasteiger partial charge in [-0.05, 0) is 25.0 Å². The van der Waals surface area contributed by atoms with Crippen molar-refractivity contribution in [2.75, 3.05) is 20.3 Å². The third-order valence-electron chi connectivity index (χ3n) is 2.75. The summed E-state index contributed by atoms with van der Waals surface area (Å²) < 4.78 is 15.3. The van der Waals surface area contributed by atoms with E-state index in [9.17, 15) is 9.59 Å². The first kappa shape index (κ1) is 17.8. The molecule has 1 aromatic rings. The van der Waals surface area contributed by atoms with Crippen molar-refractivity contribution < 1.29 is 23.8 Å². The molecule has 5 nitrogen and oxygen atoms in total. The molecule has 1 aromatic carbocycles. The second-order valence-electron chi connectivity index (χ2n) is 4.57. The molecule has 0 aliphatic heterocycles. The van der Waals surface area contributed by atoms with Crippen LogP contribution in [-0.2, 0) is 19.1 Å². The Bertz CT molecular complexity index is 512. The lowest BCUT2D eigenvalue weighted by molar-refractivity contribution is -0.147. The Labute approximate surface area is 130 Å². The number of hydrogen-bond acceptors (Lipinski definition) is 5. The fourth-order valence-corrected chi connectivity index (χ4v) is 1.69. The number of benzene rings is 1. The third kappa shape index (κ3) is 5.24. The summed E-state index contributed by atoms with van der Waals surface area (Å²) in [4.78, 5) is 24.2. The first-order valence-electron chi connectivity index (χ1n) is 7.33. The van der Waals surface area contributed by atoms with Crippen molar-refractivity contribution in [2.24, 2.45) is 0 Å². The number of carbonyl (C=O) groups excluding carboxylic acids is 2. The van der Waals surface area contributed by atoms with E-state index in [-0.39, 0.29) is 18.8 Å². The van der Waals surface area contributed by atoms with Gasteiger partial charge in [-0.15, -0.1) is 0 Å². The fourth-order valence-electron chi connectivity index (χ4n) is 1.69. The lowest BCUT2D eigenvalue weighted by atomic mass is 10.1. The largest absolute Gasteiger partial charge is 0.496 e. The van der Waals surface area contributed by atoms with Gasteiger partial charge in [0.1, 0.15) is 11.3 Å². The predicted molar refractivity (Wildman–Crippen MR) is 83.5 cm³/mol. The second-order valence-corrected chi connectivity index (χ2v) is 4.57. The Kier molecular flexibility index (Phi) is 7.75. The molecule has 22 heavy (non-hydrogen) atoms. The molecule has 0 aliphatic carbocycles. The summed E-state index contributed by atoms with van der Waals surface area (Å²) in [5.41, 5.74) is 0.480. The maximum atomic E-state index is 12.1. The van der Waals surface area contributed by atoms with Crippen molar-refractivity contribution in [3.8, 4) is 5.75 Å². The highest BCUT2D eigenvalue weighted by Crippen LogP contribution is 2.21. The topological polar surface area (TPSA) is 61.8 Å². The minimum absolute atomic E-state index is 0.133. The van der Waals surface area contributed by atoms with Gasteiger partial charge in [0.2, 0.25) is 0 Å². The van der Waals surface area contributed by atoms with Crippen LogP contribution in [-0.4, -0.2) is 32.3 Å². The number of methoxy groups -OCH3 is 1. The monoisotopic (exact) mass is 306 g/mol. The standard InChI is InChI=1S/C17H22O5/c1-4-10-21-16(18)14(17(19)22-11-5-2)12-13-8-6-7-9-15(13)20-3/h6-9,12H,4-5,10-11H2,1-3H3. The molecule has 0 fully saturated rings. The van der Waals surface area contributed by atoms with Crippen molar-refractivity contribution in [3.63, 3.8) is 0 Å². The highest BCUT2D eigenvalue weighted by atomic mass is 16.6. The van der Waals surface area contributed by atoms with Crippen LogP contribution in [0.1, 0.15) is 32.3 Å². The lowest BCUT2D eigenvalue weighted by Gasteiger charge is -2.09. The van der Waals surface area contributed by atoms with Crippen LogP contribution in [0.2, 0.25) is 0 Å². The average Bonchev–Trinajstić information content (AvgIpc) is 2.55. The molecular formula is C17H22O5. The van der Waals surface area contributed by atoms with E-state index in [1.807, 2.05) is 13.8 Å². The summed E-state index contributed by atoms with van der Waals surface area (Å²) in [6, 6.07) is 7.10. The van der Waals surface area contributed by atoms with Crippen LogP contribution in [0.3, 0.4) is 0 Å². The molecule has 0 amide bonds. The van der Waals surface area contributed by atoms with Crippen molar-refractivity contribution in [1.29, 1.82) is 0 Å². The van der Waals surface area contributed by atoms with Gasteiger partial charge in [-0.2, -0.15) is 0 Å². The summed E-state index contributed by atoms with van der Waals surface area (Å²) in [6.07, 6.45) is 2.80. The maximum absolute atomic E-state index is 12.1. The van der Waals surface area contributed by atoms with E-state index in [2.05, 4.69) is 0 Å². The van der Waals surface area contributed by atoms with Gasteiger partial charge in [0.25, 0.3) is 0 Å². The van der Waals surface area contributed by atoms with Gasteiger partial charge < -0.3 is 14.2 Å². The summed E-state index contributed by atoms with van der Waals surface area (Å²) in [5.74, 6) is -0.811. The van der Waals surface area contributed by atoms with Crippen LogP contribution in [0.5, 0.6) is 5.75 Å². The Morgan fingerprint density at radius 1 is 1.00 bits per heavy atom. The summed E-state index contributed by atoms with van der Waals surface area (Å²) in [7, 11) is 1.52. The summed E-state index contributed by atoms with van der Waals surface area (Å²) in [5, 5.41) is 0. The zero-order valence-corrected chi connectivity index (χ0v) is 13.3. The van der Waals surface area contributed by atoms with E-state index in [0.717, 1.165) is 0 Å². The van der Waals surface area contributed by atoms with Crippen molar-refractivity contribution in [2.45, 2.75) is 26.7 Å². The molecule has 0 saturated carbocycles. The van der Waals surface area contributed by atoms with Gasteiger partial charge in [-0.1, -0.05) is 32.0 Å². The molecule has 0 aromatic heterocycles. The number of esters is 2. The minimum Gasteiger partial charge on any atom is -0.496 e. The van der Waals surface area contributed by atoms with E-state index in [1.54, 1.807) is 24.3 Å². The number of hydrogen-bond donors (Lipinski definition) is 0. The molecule has 0 heterocycles. The van der Waals surface area contributed by atoms with Gasteiger partial charge in [0.15, 0.2) is 0 Å². The number of rotatable bonds is 8. The molecule has 0 atom stereocenters. The van der Waals surface area contributed by atoms with Crippen LogP contribution in [0.4, 0.5) is 0 Å². The normalized spacial score (nSPS) is 9.77. The first-order chi connectivity index (χ1) is 10.6. The lowest BCUT2D eigenvalue weighted by Crippen LogP contribution is -2.19. The fraction of sp³-hybridized carbons (Fsp3) is 0.412. The van der Waals surface area contributed by atoms with Crippen LogP contribution >= 0.6 is 0 Å². The Balaban J connectivity index is 3.09. The summed E-state index contributed by atoms with van der Waals surface area (Å²) >= 11 is 0. The predicted octanol–water partition coefficient (Wildman–Crippen LogP) is 2.99. The van der Waals surface area contributed by atoms with Gasteiger partial charge in [0.05, 0.1) is 20.3 Å². The van der Waals surface area contributed by atoms with E-state index in [4.69, 9.17) is 14.2 Å². The Hall–Kier alpha value is -2.30. The van der Waals surface area contributed by atoms with Crippen LogP contribution < -0.4 is 4.74 Å². The van der Waals surface area contributed by atoms with Gasteiger partial charge in [-0.25, -0.2) is 9.59 Å². The number of carbonyl (C=O) groups is 2. The maximum Gasteiger partial charge on any atom is 0.345 e. The number of para-hydroxylation sites is 1. The van der Waals surface area contributed by atoms with Crippen LogP contribution in [0, 0.1) is 0 Å². The first-order valence-corrected chi connectivity index (χ1v) is 7.33. The molecule has 5 heteroatoms. The molecule has 0 aliphatic rings. The Morgan fingerprint density at radius 3 is 2.05 bits per heavy atom. The molecule has 120 valence electrons. The molecular weight excluding hydrogens is 284 g/mol. The number of ether oxygens (including phenoxy) is 3. The van der Waals surface area contributed by atoms with Gasteiger partial charge in [0, 0.05) is 5.56 Å². The van der Waals surface area contributed by atoms with Crippen LogP contribution in [0.25, 0.3) is 6.08 Å². The molecule has 0 unspecified atom stereocenters. The van der Waals surface area contributed by atoms with E-state index >= 15 is 0 Å². The average molecular weight is 306 g/mol. The molecule has 0 radical (unpaired) electrons. The highest BCUT2D eigenvalue weighted by molar-refractivity contribution is 6.17. The Morgan fingerprint density at radius 2 is 1.55 bits per heavy atom. The van der Waals surface area contributed by atoms with Crippen LogP contribution in [0.15, 0.2) is 29.8 Å². The molecule has 0 bridgehead atoms. The SMILES string of the molecule is CCCOC(=O)C(=Cc1ccccc1OC)C(=O)OCCC. The summed E-state index contributed by atoms with van der Waals surface area (Å²) in [6.45, 7) is 4.27.